The molecule has 0 aliphatic carbocycles. The van der Waals surface area contributed by atoms with Crippen LogP contribution in [-0.2, 0) is 4.79 Å². The van der Waals surface area contributed by atoms with E-state index in [4.69, 9.17) is 0 Å². The molecule has 4 nitrogen and oxygen atoms in total. The molecule has 5 heteroatoms. The van der Waals surface area contributed by atoms with Gasteiger partial charge in [-0.1, -0.05) is 68.3 Å². The number of anilines is 2. The van der Waals surface area contributed by atoms with Crippen molar-refractivity contribution in [1.82, 2.24) is 0 Å². The predicted octanol–water partition coefficient (Wildman–Crippen LogP) is 6.92. The van der Waals surface area contributed by atoms with Crippen molar-refractivity contribution < 1.29 is 14.0 Å². The number of halogens is 1. The molecule has 0 saturated carbocycles. The summed E-state index contributed by atoms with van der Waals surface area (Å²) in [6, 6.07) is 23.1. The molecule has 4 rings (SSSR count). The molecular formula is C29H31FN2O2. The van der Waals surface area contributed by atoms with Crippen molar-refractivity contribution in [1.29, 1.82) is 0 Å². The fourth-order valence-corrected chi connectivity index (χ4v) is 4.83. The highest BCUT2D eigenvalue weighted by Gasteiger charge is 2.39. The van der Waals surface area contributed by atoms with Crippen LogP contribution in [0.4, 0.5) is 15.8 Å². The van der Waals surface area contributed by atoms with Gasteiger partial charge in [-0.05, 0) is 55.7 Å². The van der Waals surface area contributed by atoms with Gasteiger partial charge in [0.05, 0.1) is 11.6 Å². The minimum absolute atomic E-state index is 0.0539. The molecule has 0 bridgehead atoms. The number of para-hydroxylation sites is 2. The van der Waals surface area contributed by atoms with E-state index in [0.29, 0.717) is 12.8 Å². The van der Waals surface area contributed by atoms with Crippen molar-refractivity contribution in [3.05, 3.63) is 95.8 Å². The van der Waals surface area contributed by atoms with Crippen LogP contribution in [-0.4, -0.2) is 17.9 Å². The molecule has 2 amide bonds. The number of unbranched alkanes of at least 4 members (excludes halogenated alkanes) is 2. The highest BCUT2D eigenvalue weighted by molar-refractivity contribution is 6.07. The summed E-state index contributed by atoms with van der Waals surface area (Å²) in [6.45, 7) is 4.09. The van der Waals surface area contributed by atoms with E-state index in [0.717, 1.165) is 36.2 Å². The van der Waals surface area contributed by atoms with Gasteiger partial charge in [0.15, 0.2) is 0 Å². The third kappa shape index (κ3) is 4.74. The van der Waals surface area contributed by atoms with Crippen molar-refractivity contribution in [2.75, 3.05) is 9.80 Å². The molecular weight excluding hydrogens is 427 g/mol. The van der Waals surface area contributed by atoms with Gasteiger partial charge in [0, 0.05) is 23.8 Å². The van der Waals surface area contributed by atoms with Gasteiger partial charge in [-0.25, -0.2) is 4.39 Å². The summed E-state index contributed by atoms with van der Waals surface area (Å²) in [4.78, 5) is 30.5. The normalized spacial score (nSPS) is 17.2. The quantitative estimate of drug-likeness (QED) is 0.361. The Morgan fingerprint density at radius 2 is 1.62 bits per heavy atom. The maximum atomic E-state index is 14.5. The summed E-state index contributed by atoms with van der Waals surface area (Å²) in [6.07, 6.45) is 3.95. The van der Waals surface area contributed by atoms with Gasteiger partial charge in [0.1, 0.15) is 5.82 Å². The van der Waals surface area contributed by atoms with Crippen LogP contribution in [0.15, 0.2) is 78.9 Å². The first-order valence-electron chi connectivity index (χ1n) is 12.1. The Morgan fingerprint density at radius 1 is 0.941 bits per heavy atom. The number of carbonyl (C=O) groups excluding carboxylic acids is 2. The summed E-state index contributed by atoms with van der Waals surface area (Å²) >= 11 is 0. The van der Waals surface area contributed by atoms with E-state index in [1.54, 1.807) is 17.0 Å². The van der Waals surface area contributed by atoms with Gasteiger partial charge in [-0.3, -0.25) is 9.59 Å². The highest BCUT2D eigenvalue weighted by atomic mass is 19.1. The summed E-state index contributed by atoms with van der Waals surface area (Å²) < 4.78 is 14.5. The first-order valence-corrected chi connectivity index (χ1v) is 12.1. The first kappa shape index (κ1) is 23.7. The van der Waals surface area contributed by atoms with Crippen LogP contribution < -0.4 is 9.80 Å². The zero-order chi connectivity index (χ0) is 24.1. The average Bonchev–Trinajstić information content (AvgIpc) is 2.85. The lowest BCUT2D eigenvalue weighted by Gasteiger charge is -2.43. The molecule has 34 heavy (non-hydrogen) atoms. The Kier molecular flexibility index (Phi) is 7.41. The number of hydrogen-bond acceptors (Lipinski definition) is 2. The Morgan fingerprint density at radius 3 is 2.35 bits per heavy atom. The van der Waals surface area contributed by atoms with Crippen LogP contribution >= 0.6 is 0 Å². The number of hydrogen-bond donors (Lipinski definition) is 0. The molecule has 0 fully saturated rings. The fourth-order valence-electron chi connectivity index (χ4n) is 4.83. The maximum Gasteiger partial charge on any atom is 0.261 e. The van der Waals surface area contributed by atoms with Crippen LogP contribution in [0, 0.1) is 5.82 Å². The van der Waals surface area contributed by atoms with E-state index in [1.807, 2.05) is 66.4 Å². The van der Waals surface area contributed by atoms with E-state index in [2.05, 4.69) is 6.92 Å². The second kappa shape index (κ2) is 10.6. The topological polar surface area (TPSA) is 40.6 Å². The van der Waals surface area contributed by atoms with Gasteiger partial charge in [-0.2, -0.15) is 0 Å². The number of amides is 2. The van der Waals surface area contributed by atoms with Crippen molar-refractivity contribution >= 4 is 23.2 Å². The maximum absolute atomic E-state index is 14.5. The van der Waals surface area contributed by atoms with Crippen LogP contribution in [0.1, 0.15) is 67.9 Å². The monoisotopic (exact) mass is 458 g/mol. The lowest BCUT2D eigenvalue weighted by molar-refractivity contribution is -0.119. The summed E-state index contributed by atoms with van der Waals surface area (Å²) in [5, 5.41) is 0. The molecule has 3 aromatic rings. The van der Waals surface area contributed by atoms with E-state index < -0.39 is 5.82 Å². The summed E-state index contributed by atoms with van der Waals surface area (Å²) in [5.41, 5.74) is 2.53. The minimum Gasteiger partial charge on any atom is -0.305 e. The van der Waals surface area contributed by atoms with Crippen LogP contribution in [0.2, 0.25) is 0 Å². The number of rotatable bonds is 7. The van der Waals surface area contributed by atoms with Crippen LogP contribution in [0.5, 0.6) is 0 Å². The van der Waals surface area contributed by atoms with E-state index >= 15 is 0 Å². The Labute approximate surface area is 201 Å². The molecule has 0 unspecified atom stereocenters. The zero-order valence-electron chi connectivity index (χ0n) is 19.8. The van der Waals surface area contributed by atoms with E-state index in [-0.39, 0.29) is 29.5 Å². The lowest BCUT2D eigenvalue weighted by atomic mass is 9.89. The molecule has 0 saturated heterocycles. The van der Waals surface area contributed by atoms with Gasteiger partial charge >= 0.3 is 0 Å². The van der Waals surface area contributed by atoms with Crippen molar-refractivity contribution in [3.63, 3.8) is 0 Å². The van der Waals surface area contributed by atoms with Crippen LogP contribution in [0.25, 0.3) is 0 Å². The summed E-state index contributed by atoms with van der Waals surface area (Å²) in [7, 11) is 0. The highest BCUT2D eigenvalue weighted by Crippen LogP contribution is 2.43. The Balaban J connectivity index is 1.75. The molecule has 1 aliphatic heterocycles. The molecule has 2 atom stereocenters. The molecule has 0 radical (unpaired) electrons. The number of nitrogens with zero attached hydrogens (tertiary/aromatic N) is 2. The minimum atomic E-state index is -0.531. The van der Waals surface area contributed by atoms with E-state index in [9.17, 15) is 14.0 Å². The molecule has 176 valence electrons. The largest absolute Gasteiger partial charge is 0.305 e. The molecule has 0 N–H and O–H groups in total. The zero-order valence-corrected chi connectivity index (χ0v) is 19.8. The van der Waals surface area contributed by atoms with Gasteiger partial charge in [0.25, 0.3) is 5.91 Å². The first-order chi connectivity index (χ1) is 16.5. The smallest absolute Gasteiger partial charge is 0.261 e. The SMILES string of the molecule is CCCCCC(=O)N(c1ccccc1)[C@@H]1C[C@H](C)N(C(=O)c2ccccc2F)c2ccccc21. The third-order valence-electron chi connectivity index (χ3n) is 6.49. The Bertz CT molecular complexity index is 1150. The molecule has 0 aromatic heterocycles. The number of fused-ring (bicyclic) bond motifs is 1. The predicted molar refractivity (Wildman–Crippen MR) is 135 cm³/mol. The molecule has 0 spiro atoms. The van der Waals surface area contributed by atoms with Crippen molar-refractivity contribution in [2.45, 2.75) is 58.0 Å². The molecule has 1 aliphatic rings. The number of benzene rings is 3. The van der Waals surface area contributed by atoms with Crippen molar-refractivity contribution in [2.24, 2.45) is 0 Å². The van der Waals surface area contributed by atoms with Crippen molar-refractivity contribution in [3.8, 4) is 0 Å². The van der Waals surface area contributed by atoms with Crippen LogP contribution in [0.3, 0.4) is 0 Å². The summed E-state index contributed by atoms with van der Waals surface area (Å²) in [5.74, 6) is -0.811. The molecule has 1 heterocycles. The third-order valence-corrected chi connectivity index (χ3v) is 6.49. The van der Waals surface area contributed by atoms with Gasteiger partial charge in [0.2, 0.25) is 5.91 Å². The second-order valence-corrected chi connectivity index (χ2v) is 8.87. The van der Waals surface area contributed by atoms with Gasteiger partial charge < -0.3 is 9.80 Å². The van der Waals surface area contributed by atoms with E-state index in [1.165, 1.54) is 12.1 Å². The average molecular weight is 459 g/mol. The standard InChI is InChI=1S/C29H31FN2O2/c1-3-4-6-19-28(33)32(22-13-7-5-8-14-22)27-20-21(2)31(26-18-12-10-16-24(26)27)29(34)23-15-9-11-17-25(23)30/h5,7-18,21,27H,3-4,6,19-20H2,1-2H3/t21-,27+/m0/s1. The fraction of sp³-hybridized carbons (Fsp3) is 0.310. The lowest BCUT2D eigenvalue weighted by Crippen LogP contribution is -2.48. The van der Waals surface area contributed by atoms with Gasteiger partial charge in [-0.15, -0.1) is 0 Å². The Hall–Kier alpha value is -3.47. The molecule has 3 aromatic carbocycles. The number of carbonyl (C=O) groups is 2. The second-order valence-electron chi connectivity index (χ2n) is 8.87.